The molecule has 3 N–H and O–H groups in total. The number of ether oxygens (including phenoxy) is 1. The van der Waals surface area contributed by atoms with E-state index >= 15 is 0 Å². The number of rotatable bonds is 6. The molecule has 0 aliphatic heterocycles. The number of alkyl halides is 2. The monoisotopic (exact) mass is 342 g/mol. The van der Waals surface area contributed by atoms with Gasteiger partial charge in [-0.15, -0.1) is 0 Å². The Hall–Kier alpha value is -1.29. The molecule has 0 bridgehead atoms. The number of methoxy groups -OCH3 is 1. The molecule has 0 saturated heterocycles. The van der Waals surface area contributed by atoms with E-state index in [2.05, 4.69) is 4.74 Å². The first-order chi connectivity index (χ1) is 9.63. The lowest BCUT2D eigenvalue weighted by molar-refractivity contribution is 0.0170. The van der Waals surface area contributed by atoms with Gasteiger partial charge in [-0.2, -0.15) is 0 Å². The normalized spacial score (nSPS) is 12.2. The molecular formula is C11H13ClF2N2O4S. The molecule has 0 atom stereocenters. The topological polar surface area (TPSA) is 98.5 Å². The van der Waals surface area contributed by atoms with Crippen molar-refractivity contribution in [3.63, 3.8) is 0 Å². The van der Waals surface area contributed by atoms with Gasteiger partial charge in [-0.1, -0.05) is 11.6 Å². The van der Waals surface area contributed by atoms with Crippen molar-refractivity contribution in [2.24, 2.45) is 5.73 Å². The number of hydrogen-bond acceptors (Lipinski definition) is 5. The molecule has 6 nitrogen and oxygen atoms in total. The summed E-state index contributed by atoms with van der Waals surface area (Å²) in [5.74, 6) is -4.17. The standard InChI is InChI=1S/C11H13ClF2N2O4S/c1-20-10(17)7-2-3-8(12)9(4-7)21(18,19)16-6-11(13,14)5-15/h2-4,16H,5-6,15H2,1H3. The Balaban J connectivity index is 3.10. The van der Waals surface area contributed by atoms with E-state index in [0.29, 0.717) is 0 Å². The zero-order chi connectivity index (χ0) is 16.3. The molecule has 0 aromatic heterocycles. The molecule has 0 fully saturated rings. The Morgan fingerprint density at radius 1 is 1.48 bits per heavy atom. The second-order valence-electron chi connectivity index (χ2n) is 4.02. The Morgan fingerprint density at radius 2 is 2.10 bits per heavy atom. The lowest BCUT2D eigenvalue weighted by Crippen LogP contribution is -2.41. The van der Waals surface area contributed by atoms with Crippen LogP contribution < -0.4 is 10.5 Å². The first-order valence-electron chi connectivity index (χ1n) is 5.58. The van der Waals surface area contributed by atoms with Crippen LogP contribution in [0.15, 0.2) is 23.1 Å². The summed E-state index contributed by atoms with van der Waals surface area (Å²) in [7, 11) is -3.21. The van der Waals surface area contributed by atoms with E-state index in [1.165, 1.54) is 6.07 Å². The quantitative estimate of drug-likeness (QED) is 0.751. The third-order valence-corrected chi connectivity index (χ3v) is 4.34. The molecule has 1 aromatic carbocycles. The van der Waals surface area contributed by atoms with Crippen molar-refractivity contribution in [1.82, 2.24) is 4.72 Å². The van der Waals surface area contributed by atoms with Crippen molar-refractivity contribution in [3.8, 4) is 0 Å². The van der Waals surface area contributed by atoms with Crippen LogP contribution in [0.25, 0.3) is 0 Å². The fourth-order valence-corrected chi connectivity index (χ4v) is 2.89. The molecule has 0 saturated carbocycles. The molecule has 0 amide bonds. The highest BCUT2D eigenvalue weighted by Gasteiger charge is 2.30. The summed E-state index contributed by atoms with van der Waals surface area (Å²) in [5.41, 5.74) is 4.74. The second kappa shape index (κ2) is 6.65. The maximum absolute atomic E-state index is 13.0. The number of carbonyl (C=O) groups excluding carboxylic acids is 1. The maximum atomic E-state index is 13.0. The molecule has 118 valence electrons. The highest BCUT2D eigenvalue weighted by Crippen LogP contribution is 2.23. The van der Waals surface area contributed by atoms with Crippen LogP contribution in [0.4, 0.5) is 8.78 Å². The van der Waals surface area contributed by atoms with Crippen LogP contribution in [0.5, 0.6) is 0 Å². The van der Waals surface area contributed by atoms with Crippen LogP contribution >= 0.6 is 11.6 Å². The zero-order valence-corrected chi connectivity index (χ0v) is 12.5. The number of sulfonamides is 1. The van der Waals surface area contributed by atoms with Gasteiger partial charge in [0.15, 0.2) is 0 Å². The molecule has 21 heavy (non-hydrogen) atoms. The van der Waals surface area contributed by atoms with Crippen LogP contribution in [0.3, 0.4) is 0 Å². The van der Waals surface area contributed by atoms with E-state index in [9.17, 15) is 22.0 Å². The molecule has 0 unspecified atom stereocenters. The van der Waals surface area contributed by atoms with Crippen LogP contribution in [0, 0.1) is 0 Å². The van der Waals surface area contributed by atoms with E-state index in [-0.39, 0.29) is 10.6 Å². The summed E-state index contributed by atoms with van der Waals surface area (Å²) in [6.45, 7) is -2.18. The molecule has 0 aliphatic carbocycles. The van der Waals surface area contributed by atoms with E-state index < -0.39 is 39.9 Å². The molecule has 0 spiro atoms. The average Bonchev–Trinajstić information content (AvgIpc) is 2.45. The van der Waals surface area contributed by atoms with Crippen molar-refractivity contribution in [2.75, 3.05) is 20.2 Å². The third-order valence-electron chi connectivity index (χ3n) is 2.46. The summed E-state index contributed by atoms with van der Waals surface area (Å²) in [4.78, 5) is 10.9. The molecular weight excluding hydrogens is 330 g/mol. The number of nitrogens with one attached hydrogen (secondary N) is 1. The van der Waals surface area contributed by atoms with Gasteiger partial charge in [0.1, 0.15) is 4.90 Å². The van der Waals surface area contributed by atoms with Gasteiger partial charge < -0.3 is 10.5 Å². The van der Waals surface area contributed by atoms with Crippen LogP contribution in [0.2, 0.25) is 5.02 Å². The number of carbonyl (C=O) groups is 1. The Bertz CT molecular complexity index is 637. The van der Waals surface area contributed by atoms with E-state index in [1.807, 2.05) is 0 Å². The minimum absolute atomic E-state index is 0.0761. The van der Waals surface area contributed by atoms with E-state index in [4.69, 9.17) is 17.3 Å². The maximum Gasteiger partial charge on any atom is 0.337 e. The van der Waals surface area contributed by atoms with Gasteiger partial charge in [-0.05, 0) is 18.2 Å². The lowest BCUT2D eigenvalue weighted by Gasteiger charge is -2.15. The molecule has 0 radical (unpaired) electrons. The number of halogens is 3. The summed E-state index contributed by atoms with van der Waals surface area (Å²) >= 11 is 5.73. The van der Waals surface area contributed by atoms with Crippen molar-refractivity contribution >= 4 is 27.6 Å². The van der Waals surface area contributed by atoms with Gasteiger partial charge in [-0.3, -0.25) is 0 Å². The summed E-state index contributed by atoms with van der Waals surface area (Å²) in [6.07, 6.45) is 0. The van der Waals surface area contributed by atoms with Crippen molar-refractivity contribution in [2.45, 2.75) is 10.8 Å². The average molecular weight is 343 g/mol. The van der Waals surface area contributed by atoms with Gasteiger partial charge in [-0.25, -0.2) is 26.7 Å². The Labute approximate surface area is 125 Å². The predicted molar refractivity (Wildman–Crippen MR) is 72.0 cm³/mol. The number of benzene rings is 1. The zero-order valence-electron chi connectivity index (χ0n) is 10.9. The van der Waals surface area contributed by atoms with Crippen LogP contribution in [0.1, 0.15) is 10.4 Å². The number of esters is 1. The molecule has 0 heterocycles. The van der Waals surface area contributed by atoms with E-state index in [1.54, 1.807) is 4.72 Å². The first kappa shape index (κ1) is 17.8. The van der Waals surface area contributed by atoms with Crippen LogP contribution in [-0.2, 0) is 14.8 Å². The SMILES string of the molecule is COC(=O)c1ccc(Cl)c(S(=O)(=O)NCC(F)(F)CN)c1. The fourth-order valence-electron chi connectivity index (χ4n) is 1.30. The number of nitrogens with two attached hydrogens (primary N) is 1. The molecule has 10 heteroatoms. The van der Waals surface area contributed by atoms with Gasteiger partial charge in [0.05, 0.1) is 30.8 Å². The summed E-state index contributed by atoms with van der Waals surface area (Å²) in [6, 6.07) is 3.35. The molecule has 0 aliphatic rings. The van der Waals surface area contributed by atoms with Crippen molar-refractivity contribution in [1.29, 1.82) is 0 Å². The highest BCUT2D eigenvalue weighted by atomic mass is 35.5. The lowest BCUT2D eigenvalue weighted by atomic mass is 10.2. The van der Waals surface area contributed by atoms with Gasteiger partial charge in [0.2, 0.25) is 10.0 Å². The Kier molecular flexibility index (Phi) is 5.62. The van der Waals surface area contributed by atoms with Crippen molar-refractivity contribution < 1.29 is 26.7 Å². The highest BCUT2D eigenvalue weighted by molar-refractivity contribution is 7.89. The minimum atomic E-state index is -4.32. The smallest absolute Gasteiger partial charge is 0.337 e. The van der Waals surface area contributed by atoms with Gasteiger partial charge >= 0.3 is 5.97 Å². The molecule has 1 aromatic rings. The summed E-state index contributed by atoms with van der Waals surface area (Å²) < 4.78 is 56.1. The van der Waals surface area contributed by atoms with Crippen LogP contribution in [-0.4, -0.2) is 40.5 Å². The third kappa shape index (κ3) is 4.60. The predicted octanol–water partition coefficient (Wildman–Crippen LogP) is 0.999. The largest absolute Gasteiger partial charge is 0.465 e. The van der Waals surface area contributed by atoms with Gasteiger partial charge in [0, 0.05) is 0 Å². The molecule has 1 rings (SSSR count). The second-order valence-corrected chi connectivity index (χ2v) is 6.16. The minimum Gasteiger partial charge on any atom is -0.465 e. The summed E-state index contributed by atoms with van der Waals surface area (Å²) in [5, 5.41) is -0.216. The fraction of sp³-hybridized carbons (Fsp3) is 0.364. The van der Waals surface area contributed by atoms with Gasteiger partial charge in [0.25, 0.3) is 5.92 Å². The number of hydrogen-bond donors (Lipinski definition) is 2. The Morgan fingerprint density at radius 3 is 2.62 bits per heavy atom. The van der Waals surface area contributed by atoms with E-state index in [0.717, 1.165) is 19.2 Å². The van der Waals surface area contributed by atoms with Crippen molar-refractivity contribution in [3.05, 3.63) is 28.8 Å². The first-order valence-corrected chi connectivity index (χ1v) is 7.44.